The molecular weight excluding hydrogens is 344 g/mol. The van der Waals surface area contributed by atoms with Gasteiger partial charge in [0.1, 0.15) is 18.0 Å². The second-order valence-corrected chi connectivity index (χ2v) is 6.36. The van der Waals surface area contributed by atoms with Crippen LogP contribution in [0.25, 0.3) is 5.65 Å². The van der Waals surface area contributed by atoms with Crippen molar-refractivity contribution in [1.82, 2.24) is 9.38 Å². The van der Waals surface area contributed by atoms with E-state index in [4.69, 9.17) is 9.47 Å². The lowest BCUT2D eigenvalue weighted by atomic mass is 9.96. The van der Waals surface area contributed by atoms with E-state index in [9.17, 15) is 9.59 Å². The van der Waals surface area contributed by atoms with Crippen LogP contribution >= 0.6 is 0 Å². The average Bonchev–Trinajstić information content (AvgIpc) is 2.68. The van der Waals surface area contributed by atoms with Crippen LogP contribution in [0.4, 0.5) is 0 Å². The fourth-order valence-corrected chi connectivity index (χ4v) is 2.95. The van der Waals surface area contributed by atoms with Crippen molar-refractivity contribution >= 4 is 11.6 Å². The third-order valence-corrected chi connectivity index (χ3v) is 4.43. The van der Waals surface area contributed by atoms with Crippen molar-refractivity contribution in [1.29, 1.82) is 0 Å². The molecule has 0 aliphatic heterocycles. The van der Waals surface area contributed by atoms with Crippen molar-refractivity contribution in [2.75, 3.05) is 7.11 Å². The number of hydrogen-bond acceptors (Lipinski definition) is 5. The van der Waals surface area contributed by atoms with Crippen LogP contribution in [0, 0.1) is 6.92 Å². The van der Waals surface area contributed by atoms with Gasteiger partial charge in [0.15, 0.2) is 0 Å². The molecule has 1 atom stereocenters. The number of esters is 1. The Morgan fingerprint density at radius 2 is 1.93 bits per heavy atom. The molecule has 0 aliphatic carbocycles. The molecule has 27 heavy (non-hydrogen) atoms. The number of rotatable bonds is 6. The molecule has 0 spiro atoms. The van der Waals surface area contributed by atoms with Crippen LogP contribution in [0.15, 0.2) is 53.5 Å². The van der Waals surface area contributed by atoms with Crippen LogP contribution in [-0.4, -0.2) is 22.5 Å². The molecule has 0 bridgehead atoms. The normalized spacial score (nSPS) is 12.0. The Kier molecular flexibility index (Phi) is 5.54. The van der Waals surface area contributed by atoms with E-state index >= 15 is 0 Å². The molecule has 0 N–H and O–H groups in total. The van der Waals surface area contributed by atoms with Crippen molar-refractivity contribution in [3.05, 3.63) is 75.8 Å². The number of fused-ring (bicyclic) bond motifs is 1. The molecule has 0 aliphatic rings. The number of nitrogens with zero attached hydrogens (tertiary/aromatic N) is 2. The van der Waals surface area contributed by atoms with Gasteiger partial charge in [0.05, 0.1) is 18.7 Å². The van der Waals surface area contributed by atoms with E-state index in [-0.39, 0.29) is 24.1 Å². The van der Waals surface area contributed by atoms with Gasteiger partial charge in [-0.1, -0.05) is 25.1 Å². The first-order valence-electron chi connectivity index (χ1n) is 8.81. The van der Waals surface area contributed by atoms with Crippen molar-refractivity contribution in [3.8, 4) is 5.75 Å². The number of pyridine rings is 1. The number of carbonyl (C=O) groups is 1. The van der Waals surface area contributed by atoms with Gasteiger partial charge in [-0.25, -0.2) is 4.98 Å². The number of aryl methyl sites for hydroxylation is 1. The number of benzene rings is 1. The molecule has 1 aromatic carbocycles. The van der Waals surface area contributed by atoms with Gasteiger partial charge in [-0.2, -0.15) is 0 Å². The average molecular weight is 366 g/mol. The zero-order valence-corrected chi connectivity index (χ0v) is 15.6. The Morgan fingerprint density at radius 3 is 2.59 bits per heavy atom. The summed E-state index contributed by atoms with van der Waals surface area (Å²) >= 11 is 0. The minimum Gasteiger partial charge on any atom is -0.497 e. The van der Waals surface area contributed by atoms with E-state index in [1.807, 2.05) is 44.2 Å². The summed E-state index contributed by atoms with van der Waals surface area (Å²) in [6, 6.07) is 12.4. The van der Waals surface area contributed by atoms with Crippen LogP contribution in [0.3, 0.4) is 0 Å². The van der Waals surface area contributed by atoms with Crippen molar-refractivity contribution < 1.29 is 14.3 Å². The summed E-state index contributed by atoms with van der Waals surface area (Å²) < 4.78 is 12.1. The topological polar surface area (TPSA) is 69.9 Å². The molecule has 0 fully saturated rings. The summed E-state index contributed by atoms with van der Waals surface area (Å²) in [6.45, 7) is 3.80. The Bertz CT molecular complexity index is 1010. The molecule has 140 valence electrons. The monoisotopic (exact) mass is 366 g/mol. The molecular formula is C21H22N2O4. The van der Waals surface area contributed by atoms with Gasteiger partial charge in [-0.3, -0.25) is 14.0 Å². The highest BCUT2D eigenvalue weighted by Crippen LogP contribution is 2.24. The van der Waals surface area contributed by atoms with Gasteiger partial charge in [0.25, 0.3) is 5.56 Å². The molecule has 0 saturated heterocycles. The maximum Gasteiger partial charge on any atom is 0.313 e. The van der Waals surface area contributed by atoms with Crippen LogP contribution < -0.4 is 10.3 Å². The number of methoxy groups -OCH3 is 1. The van der Waals surface area contributed by atoms with Gasteiger partial charge in [-0.15, -0.1) is 0 Å². The summed E-state index contributed by atoms with van der Waals surface area (Å²) in [7, 11) is 1.60. The minimum absolute atomic E-state index is 0.0366. The molecule has 0 radical (unpaired) electrons. The molecule has 3 aromatic rings. The number of carbonyl (C=O) groups excluding carboxylic acids is 1. The molecule has 6 heteroatoms. The molecule has 2 heterocycles. The molecule has 2 aromatic heterocycles. The summed E-state index contributed by atoms with van der Waals surface area (Å²) in [5.41, 5.74) is 2.60. The van der Waals surface area contributed by atoms with E-state index in [1.54, 1.807) is 19.4 Å². The first-order chi connectivity index (χ1) is 13.0. The summed E-state index contributed by atoms with van der Waals surface area (Å²) in [6.07, 6.45) is 2.34. The Morgan fingerprint density at radius 1 is 1.19 bits per heavy atom. The zero-order chi connectivity index (χ0) is 19.4. The smallest absolute Gasteiger partial charge is 0.313 e. The van der Waals surface area contributed by atoms with Crippen molar-refractivity contribution in [3.63, 3.8) is 0 Å². The fraction of sp³-hybridized carbons (Fsp3) is 0.286. The van der Waals surface area contributed by atoms with Crippen LogP contribution in [0.2, 0.25) is 0 Å². The van der Waals surface area contributed by atoms with Gasteiger partial charge >= 0.3 is 5.97 Å². The third-order valence-electron chi connectivity index (χ3n) is 4.43. The highest BCUT2D eigenvalue weighted by atomic mass is 16.5. The van der Waals surface area contributed by atoms with Gasteiger partial charge in [0, 0.05) is 12.3 Å². The van der Waals surface area contributed by atoms with E-state index in [0.717, 1.165) is 16.9 Å². The highest BCUT2D eigenvalue weighted by Gasteiger charge is 2.20. The highest BCUT2D eigenvalue weighted by molar-refractivity contribution is 5.78. The van der Waals surface area contributed by atoms with Crippen molar-refractivity contribution in [2.45, 2.75) is 32.8 Å². The molecule has 0 saturated carbocycles. The van der Waals surface area contributed by atoms with Gasteiger partial charge in [-0.05, 0) is 42.7 Å². The molecule has 6 nitrogen and oxygen atoms in total. The van der Waals surface area contributed by atoms with Gasteiger partial charge < -0.3 is 9.47 Å². The van der Waals surface area contributed by atoms with E-state index < -0.39 is 0 Å². The summed E-state index contributed by atoms with van der Waals surface area (Å²) in [4.78, 5) is 29.2. The standard InChI is InChI=1S/C21H22N2O4/c1-4-18(15-6-8-17(26-3)9-7-15)21(25)27-13-16-11-20(24)23-12-14(2)5-10-19(23)22-16/h5-12,18H,4,13H2,1-3H3. The predicted octanol–water partition coefficient (Wildman–Crippen LogP) is 3.25. The lowest BCUT2D eigenvalue weighted by Gasteiger charge is -2.15. The van der Waals surface area contributed by atoms with Gasteiger partial charge in [0.2, 0.25) is 0 Å². The maximum atomic E-state index is 12.5. The Hall–Kier alpha value is -3.15. The number of aromatic nitrogens is 2. The van der Waals surface area contributed by atoms with Crippen molar-refractivity contribution in [2.24, 2.45) is 0 Å². The quantitative estimate of drug-likeness (QED) is 0.627. The first-order valence-corrected chi connectivity index (χ1v) is 8.81. The Labute approximate surface area is 157 Å². The number of hydrogen-bond donors (Lipinski definition) is 0. The molecule has 3 rings (SSSR count). The summed E-state index contributed by atoms with van der Waals surface area (Å²) in [5, 5.41) is 0. The fourth-order valence-electron chi connectivity index (χ4n) is 2.95. The second-order valence-electron chi connectivity index (χ2n) is 6.36. The predicted molar refractivity (Wildman–Crippen MR) is 102 cm³/mol. The summed E-state index contributed by atoms with van der Waals surface area (Å²) in [5.74, 6) is 0.0201. The second kappa shape index (κ2) is 8.03. The SMILES string of the molecule is CCC(C(=O)OCc1cc(=O)n2cc(C)ccc2n1)c1ccc(OC)cc1. The Balaban J connectivity index is 1.74. The van der Waals surface area contributed by atoms with E-state index in [0.29, 0.717) is 17.8 Å². The first kappa shape index (κ1) is 18.6. The molecule has 0 amide bonds. The van der Waals surface area contributed by atoms with E-state index in [2.05, 4.69) is 4.98 Å². The molecule has 1 unspecified atom stereocenters. The minimum atomic E-state index is -0.375. The largest absolute Gasteiger partial charge is 0.497 e. The van der Waals surface area contributed by atoms with Crippen LogP contribution in [0.5, 0.6) is 5.75 Å². The zero-order valence-electron chi connectivity index (χ0n) is 15.6. The third kappa shape index (κ3) is 4.16. The van der Waals surface area contributed by atoms with Crippen LogP contribution in [-0.2, 0) is 16.1 Å². The van der Waals surface area contributed by atoms with E-state index in [1.165, 1.54) is 10.5 Å². The van der Waals surface area contributed by atoms with Crippen LogP contribution in [0.1, 0.15) is 36.1 Å². The lowest BCUT2D eigenvalue weighted by Crippen LogP contribution is -2.19. The number of ether oxygens (including phenoxy) is 2. The maximum absolute atomic E-state index is 12.5. The lowest BCUT2D eigenvalue weighted by molar-refractivity contribution is -0.147.